The van der Waals surface area contributed by atoms with E-state index in [0.717, 1.165) is 6.42 Å². The van der Waals surface area contributed by atoms with Gasteiger partial charge in [0.2, 0.25) is 0 Å². The number of rotatable bonds is 5. The molecule has 1 aliphatic rings. The van der Waals surface area contributed by atoms with Gasteiger partial charge in [0.1, 0.15) is 0 Å². The van der Waals surface area contributed by atoms with Crippen molar-refractivity contribution in [3.05, 3.63) is 6.33 Å². The minimum Gasteiger partial charge on any atom is -0.381 e. The Balaban J connectivity index is 2.25. The largest absolute Gasteiger partial charge is 0.381 e. The van der Waals surface area contributed by atoms with Gasteiger partial charge in [-0.2, -0.15) is 4.31 Å². The van der Waals surface area contributed by atoms with Crippen molar-refractivity contribution in [3.8, 4) is 0 Å². The number of anilines is 1. The van der Waals surface area contributed by atoms with Crippen LogP contribution in [0.15, 0.2) is 11.4 Å². The summed E-state index contributed by atoms with van der Waals surface area (Å²) in [5, 5.41) is 0.0632. The second-order valence-corrected chi connectivity index (χ2v) is 6.58. The zero-order valence-corrected chi connectivity index (χ0v) is 12.1. The van der Waals surface area contributed by atoms with E-state index in [0.29, 0.717) is 26.3 Å². The van der Waals surface area contributed by atoms with Crippen molar-refractivity contribution in [2.75, 3.05) is 32.0 Å². The van der Waals surface area contributed by atoms with Gasteiger partial charge in [-0.3, -0.25) is 0 Å². The van der Waals surface area contributed by atoms with E-state index in [1.165, 1.54) is 15.2 Å². The van der Waals surface area contributed by atoms with Crippen molar-refractivity contribution in [2.45, 2.75) is 18.4 Å². The summed E-state index contributed by atoms with van der Waals surface area (Å²) in [7, 11) is -1.98. The average Bonchev–Trinajstić information content (AvgIpc) is 2.96. The summed E-state index contributed by atoms with van der Waals surface area (Å²) < 4.78 is 33.4. The molecule has 19 heavy (non-hydrogen) atoms. The van der Waals surface area contributed by atoms with Gasteiger partial charge < -0.3 is 15.0 Å². The lowest BCUT2D eigenvalue weighted by Gasteiger charge is -2.23. The number of ether oxygens (including phenoxy) is 1. The van der Waals surface area contributed by atoms with Crippen LogP contribution in [0, 0.1) is 5.92 Å². The highest BCUT2D eigenvalue weighted by atomic mass is 32.2. The number of aryl methyl sites for hydroxylation is 1. The van der Waals surface area contributed by atoms with Gasteiger partial charge in [-0.25, -0.2) is 13.4 Å². The molecule has 2 N–H and O–H groups in total. The van der Waals surface area contributed by atoms with Gasteiger partial charge in [0.05, 0.1) is 12.9 Å². The molecule has 1 aliphatic heterocycles. The molecule has 108 valence electrons. The van der Waals surface area contributed by atoms with Crippen LogP contribution in [-0.2, 0) is 21.8 Å². The van der Waals surface area contributed by atoms with E-state index in [1.807, 2.05) is 6.92 Å². The van der Waals surface area contributed by atoms with E-state index in [9.17, 15) is 8.42 Å². The lowest BCUT2D eigenvalue weighted by atomic mass is 10.1. The molecule has 0 amide bonds. The smallest absolute Gasteiger partial charge is 0.262 e. The number of hydrogen-bond acceptors (Lipinski definition) is 5. The highest BCUT2D eigenvalue weighted by Crippen LogP contribution is 2.23. The molecule has 0 spiro atoms. The fourth-order valence-corrected chi connectivity index (χ4v) is 4.01. The van der Waals surface area contributed by atoms with Gasteiger partial charge >= 0.3 is 0 Å². The molecule has 0 radical (unpaired) electrons. The number of nitrogen functional groups attached to an aromatic ring is 1. The summed E-state index contributed by atoms with van der Waals surface area (Å²) in [5.41, 5.74) is 5.67. The number of aromatic nitrogens is 2. The highest BCUT2D eigenvalue weighted by molar-refractivity contribution is 7.89. The Labute approximate surface area is 113 Å². The second kappa shape index (κ2) is 5.48. The monoisotopic (exact) mass is 288 g/mol. The number of hydrogen-bond donors (Lipinski definition) is 1. The normalized spacial score (nSPS) is 20.3. The van der Waals surface area contributed by atoms with Crippen LogP contribution in [0.1, 0.15) is 13.3 Å². The predicted molar refractivity (Wildman–Crippen MR) is 71.0 cm³/mol. The molecule has 0 aromatic carbocycles. The molecule has 1 atom stereocenters. The molecule has 1 aromatic heterocycles. The first-order valence-corrected chi connectivity index (χ1v) is 7.75. The van der Waals surface area contributed by atoms with Gasteiger partial charge in [0.25, 0.3) is 10.0 Å². The zero-order valence-electron chi connectivity index (χ0n) is 11.2. The lowest BCUT2D eigenvalue weighted by molar-refractivity contribution is 0.180. The molecule has 7 nitrogen and oxygen atoms in total. The Morgan fingerprint density at radius 3 is 2.84 bits per heavy atom. The number of nitrogens with two attached hydrogens (primary N) is 1. The number of imidazole rings is 1. The molecular formula is C11H20N4O3S. The van der Waals surface area contributed by atoms with E-state index in [2.05, 4.69) is 4.98 Å². The van der Waals surface area contributed by atoms with Gasteiger partial charge in [-0.1, -0.05) is 6.92 Å². The van der Waals surface area contributed by atoms with E-state index in [4.69, 9.17) is 10.5 Å². The van der Waals surface area contributed by atoms with E-state index in [1.54, 1.807) is 7.05 Å². The van der Waals surface area contributed by atoms with Crippen molar-refractivity contribution >= 4 is 15.8 Å². The minimum atomic E-state index is -3.60. The Hall–Kier alpha value is -1.12. The fraction of sp³-hybridized carbons (Fsp3) is 0.727. The second-order valence-electron chi connectivity index (χ2n) is 4.73. The van der Waals surface area contributed by atoms with Crippen LogP contribution in [0.2, 0.25) is 0 Å². The molecule has 1 saturated heterocycles. The third kappa shape index (κ3) is 2.75. The molecule has 1 fully saturated rings. The fourth-order valence-electron chi connectivity index (χ4n) is 2.29. The number of sulfonamides is 1. The standard InChI is InChI=1S/C11H20N4O3S/c1-3-15(6-9-4-5-18-7-9)19(16,17)11-10(12)13-8-14(11)2/h8-9H,3-7,12H2,1-2H3. The third-order valence-electron chi connectivity index (χ3n) is 3.33. The first-order valence-electron chi connectivity index (χ1n) is 6.31. The maximum atomic E-state index is 12.6. The first-order chi connectivity index (χ1) is 8.96. The van der Waals surface area contributed by atoms with Crippen LogP contribution in [0.5, 0.6) is 0 Å². The van der Waals surface area contributed by atoms with E-state index >= 15 is 0 Å². The SMILES string of the molecule is CCN(CC1CCOC1)S(=O)(=O)c1c(N)ncn1C. The maximum absolute atomic E-state index is 12.6. The Bertz CT molecular complexity index is 515. The van der Waals surface area contributed by atoms with Gasteiger partial charge in [-0.15, -0.1) is 0 Å². The average molecular weight is 288 g/mol. The Morgan fingerprint density at radius 2 is 2.37 bits per heavy atom. The van der Waals surface area contributed by atoms with Crippen LogP contribution in [0.25, 0.3) is 0 Å². The van der Waals surface area contributed by atoms with Crippen molar-refractivity contribution in [1.29, 1.82) is 0 Å². The quantitative estimate of drug-likeness (QED) is 0.826. The lowest BCUT2D eigenvalue weighted by Crippen LogP contribution is -2.36. The summed E-state index contributed by atoms with van der Waals surface area (Å²) >= 11 is 0. The summed E-state index contributed by atoms with van der Waals surface area (Å²) in [6, 6.07) is 0. The van der Waals surface area contributed by atoms with Crippen molar-refractivity contribution in [3.63, 3.8) is 0 Å². The molecule has 0 aliphatic carbocycles. The summed E-state index contributed by atoms with van der Waals surface area (Å²) in [6.07, 6.45) is 2.31. The maximum Gasteiger partial charge on any atom is 0.262 e. The van der Waals surface area contributed by atoms with Crippen molar-refractivity contribution in [1.82, 2.24) is 13.9 Å². The molecular weight excluding hydrogens is 268 g/mol. The first kappa shape index (κ1) is 14.3. The Morgan fingerprint density at radius 1 is 1.63 bits per heavy atom. The topological polar surface area (TPSA) is 90.4 Å². The predicted octanol–water partition coefficient (Wildman–Crippen LogP) is 0.0494. The van der Waals surface area contributed by atoms with Gasteiger partial charge in [0.15, 0.2) is 10.8 Å². The van der Waals surface area contributed by atoms with Crippen LogP contribution >= 0.6 is 0 Å². The molecule has 1 aromatic rings. The summed E-state index contributed by atoms with van der Waals surface area (Å²) in [5.74, 6) is 0.299. The van der Waals surface area contributed by atoms with E-state index in [-0.39, 0.29) is 16.8 Å². The molecule has 2 rings (SSSR count). The molecule has 1 unspecified atom stereocenters. The molecule has 0 bridgehead atoms. The van der Waals surface area contributed by atoms with Gasteiger partial charge in [-0.05, 0) is 12.3 Å². The van der Waals surface area contributed by atoms with Crippen LogP contribution in [0.4, 0.5) is 5.82 Å². The van der Waals surface area contributed by atoms with Crippen molar-refractivity contribution in [2.24, 2.45) is 13.0 Å². The van der Waals surface area contributed by atoms with Crippen molar-refractivity contribution < 1.29 is 13.2 Å². The summed E-state index contributed by atoms with van der Waals surface area (Å²) in [6.45, 7) is 4.01. The molecule has 8 heteroatoms. The minimum absolute atomic E-state index is 0.0450. The number of nitrogens with zero attached hydrogens (tertiary/aromatic N) is 3. The molecule has 2 heterocycles. The Kier molecular flexibility index (Phi) is 4.12. The van der Waals surface area contributed by atoms with Crippen LogP contribution in [-0.4, -0.2) is 48.6 Å². The van der Waals surface area contributed by atoms with Crippen LogP contribution < -0.4 is 5.73 Å². The highest BCUT2D eigenvalue weighted by Gasteiger charge is 2.31. The van der Waals surface area contributed by atoms with E-state index < -0.39 is 10.0 Å². The third-order valence-corrected chi connectivity index (χ3v) is 5.41. The molecule has 0 saturated carbocycles. The van der Waals surface area contributed by atoms with Gasteiger partial charge in [0, 0.05) is 26.7 Å². The zero-order chi connectivity index (χ0) is 14.0. The summed E-state index contributed by atoms with van der Waals surface area (Å²) in [4.78, 5) is 3.84. The van der Waals surface area contributed by atoms with Crippen LogP contribution in [0.3, 0.4) is 0 Å².